The van der Waals surface area contributed by atoms with Crippen molar-refractivity contribution in [3.8, 4) is 0 Å². The quantitative estimate of drug-likeness (QED) is 0.563. The lowest BCUT2D eigenvalue weighted by Gasteiger charge is -2.11. The van der Waals surface area contributed by atoms with Gasteiger partial charge in [-0.15, -0.1) is 0 Å². The van der Waals surface area contributed by atoms with E-state index in [0.29, 0.717) is 0 Å². The Bertz CT molecular complexity index is 153. The first-order valence-electron chi connectivity index (χ1n) is 6.10. The van der Waals surface area contributed by atoms with Gasteiger partial charge in [0.25, 0.3) is 0 Å². The fraction of sp³-hybridized carbons (Fsp3) is 0.846. The summed E-state index contributed by atoms with van der Waals surface area (Å²) in [5.41, 5.74) is 0. The maximum absolute atomic E-state index is 2.36. The SMILES string of the molecule is C1=CCC(CCCC2CCCC2)C1. The van der Waals surface area contributed by atoms with Crippen molar-refractivity contribution in [2.45, 2.75) is 57.8 Å². The smallest absolute Gasteiger partial charge is 0.0319 e. The highest BCUT2D eigenvalue weighted by Gasteiger charge is 2.15. The third-order valence-corrected chi connectivity index (χ3v) is 3.80. The predicted molar refractivity (Wildman–Crippen MR) is 57.7 cm³/mol. The molecule has 1 saturated carbocycles. The maximum atomic E-state index is 2.36. The molecular formula is C13H22. The predicted octanol–water partition coefficient (Wildman–Crippen LogP) is 4.31. The van der Waals surface area contributed by atoms with Gasteiger partial charge < -0.3 is 0 Å². The van der Waals surface area contributed by atoms with Crippen LogP contribution in [0.2, 0.25) is 0 Å². The minimum atomic E-state index is 1.02. The van der Waals surface area contributed by atoms with Crippen molar-refractivity contribution in [1.29, 1.82) is 0 Å². The molecule has 0 spiro atoms. The van der Waals surface area contributed by atoms with E-state index in [4.69, 9.17) is 0 Å². The highest BCUT2D eigenvalue weighted by Crippen LogP contribution is 2.31. The largest absolute Gasteiger partial charge is 0.0882 e. The molecule has 2 aliphatic carbocycles. The van der Waals surface area contributed by atoms with Crippen molar-refractivity contribution in [3.05, 3.63) is 12.2 Å². The Kier molecular flexibility index (Phi) is 3.46. The molecule has 0 aromatic rings. The molecule has 0 aromatic heterocycles. The zero-order chi connectivity index (χ0) is 8.93. The van der Waals surface area contributed by atoms with Crippen LogP contribution in [0, 0.1) is 11.8 Å². The van der Waals surface area contributed by atoms with Gasteiger partial charge in [-0.2, -0.15) is 0 Å². The molecule has 0 radical (unpaired) electrons. The first-order chi connectivity index (χ1) is 6.45. The molecule has 0 bridgehead atoms. The Morgan fingerprint density at radius 2 is 1.46 bits per heavy atom. The molecule has 0 N–H and O–H groups in total. The number of allylic oxidation sites excluding steroid dienone is 2. The van der Waals surface area contributed by atoms with Gasteiger partial charge in [0.05, 0.1) is 0 Å². The monoisotopic (exact) mass is 178 g/mol. The van der Waals surface area contributed by atoms with Crippen molar-refractivity contribution < 1.29 is 0 Å². The zero-order valence-electron chi connectivity index (χ0n) is 8.67. The van der Waals surface area contributed by atoms with E-state index < -0.39 is 0 Å². The molecule has 0 nitrogen and oxygen atoms in total. The van der Waals surface area contributed by atoms with E-state index in [2.05, 4.69) is 12.2 Å². The van der Waals surface area contributed by atoms with Crippen LogP contribution in [-0.2, 0) is 0 Å². The molecule has 0 heteroatoms. The van der Waals surface area contributed by atoms with Gasteiger partial charge in [0, 0.05) is 0 Å². The van der Waals surface area contributed by atoms with Gasteiger partial charge in [-0.3, -0.25) is 0 Å². The summed E-state index contributed by atoms with van der Waals surface area (Å²) >= 11 is 0. The van der Waals surface area contributed by atoms with Crippen LogP contribution in [0.4, 0.5) is 0 Å². The lowest BCUT2D eigenvalue weighted by atomic mass is 9.94. The molecule has 2 aliphatic rings. The molecular weight excluding hydrogens is 156 g/mol. The van der Waals surface area contributed by atoms with Crippen molar-refractivity contribution in [3.63, 3.8) is 0 Å². The van der Waals surface area contributed by atoms with Crippen LogP contribution in [0.1, 0.15) is 57.8 Å². The Morgan fingerprint density at radius 1 is 0.846 bits per heavy atom. The second kappa shape index (κ2) is 4.83. The van der Waals surface area contributed by atoms with Gasteiger partial charge >= 0.3 is 0 Å². The summed E-state index contributed by atoms with van der Waals surface area (Å²) in [7, 11) is 0. The Hall–Kier alpha value is -0.260. The van der Waals surface area contributed by atoms with Crippen LogP contribution < -0.4 is 0 Å². The Labute approximate surface area is 82.4 Å². The number of rotatable bonds is 4. The average Bonchev–Trinajstić information content (AvgIpc) is 2.75. The van der Waals surface area contributed by atoms with Crippen LogP contribution in [-0.4, -0.2) is 0 Å². The highest BCUT2D eigenvalue weighted by atomic mass is 14.2. The molecule has 0 atom stereocenters. The maximum Gasteiger partial charge on any atom is -0.0319 e. The standard InChI is InChI=1S/C13H22/c1-2-7-12(6-1)10-5-11-13-8-3-4-9-13/h1-2,12-13H,3-11H2. The second-order valence-corrected chi connectivity index (χ2v) is 4.89. The summed E-state index contributed by atoms with van der Waals surface area (Å²) in [5, 5.41) is 0. The lowest BCUT2D eigenvalue weighted by Crippen LogP contribution is -1.97. The van der Waals surface area contributed by atoms with Gasteiger partial charge in [-0.05, 0) is 31.1 Å². The third kappa shape index (κ3) is 2.86. The first kappa shape index (κ1) is 9.30. The molecule has 0 aromatic carbocycles. The van der Waals surface area contributed by atoms with Crippen molar-refractivity contribution in [2.24, 2.45) is 11.8 Å². The molecule has 0 heterocycles. The summed E-state index contributed by atoms with van der Waals surface area (Å²) in [6.45, 7) is 0. The Balaban J connectivity index is 1.53. The topological polar surface area (TPSA) is 0 Å². The van der Waals surface area contributed by atoms with Crippen molar-refractivity contribution in [2.75, 3.05) is 0 Å². The molecule has 0 saturated heterocycles. The van der Waals surface area contributed by atoms with Crippen molar-refractivity contribution in [1.82, 2.24) is 0 Å². The van der Waals surface area contributed by atoms with Crippen LogP contribution in [0.15, 0.2) is 12.2 Å². The van der Waals surface area contributed by atoms with Gasteiger partial charge in [0.15, 0.2) is 0 Å². The first-order valence-corrected chi connectivity index (χ1v) is 6.10. The minimum Gasteiger partial charge on any atom is -0.0882 e. The number of hydrogen-bond donors (Lipinski definition) is 0. The van der Waals surface area contributed by atoms with Gasteiger partial charge in [0.2, 0.25) is 0 Å². The van der Waals surface area contributed by atoms with Crippen LogP contribution in [0.3, 0.4) is 0 Å². The molecule has 0 amide bonds. The number of hydrogen-bond acceptors (Lipinski definition) is 0. The molecule has 0 unspecified atom stereocenters. The van der Waals surface area contributed by atoms with E-state index in [0.717, 1.165) is 11.8 Å². The van der Waals surface area contributed by atoms with Crippen LogP contribution in [0.25, 0.3) is 0 Å². The van der Waals surface area contributed by atoms with E-state index in [1.807, 2.05) is 0 Å². The average molecular weight is 178 g/mol. The third-order valence-electron chi connectivity index (χ3n) is 3.80. The van der Waals surface area contributed by atoms with Gasteiger partial charge in [0.1, 0.15) is 0 Å². The fourth-order valence-electron chi connectivity index (χ4n) is 2.90. The molecule has 0 aliphatic heterocycles. The zero-order valence-corrected chi connectivity index (χ0v) is 8.67. The van der Waals surface area contributed by atoms with Gasteiger partial charge in [-0.25, -0.2) is 0 Å². The van der Waals surface area contributed by atoms with E-state index in [1.165, 1.54) is 57.8 Å². The normalized spacial score (nSPS) is 24.6. The molecule has 2 rings (SSSR count). The minimum absolute atomic E-state index is 1.02. The highest BCUT2D eigenvalue weighted by molar-refractivity contribution is 4.93. The summed E-state index contributed by atoms with van der Waals surface area (Å²) in [4.78, 5) is 0. The molecule has 13 heavy (non-hydrogen) atoms. The van der Waals surface area contributed by atoms with Crippen molar-refractivity contribution >= 4 is 0 Å². The summed E-state index contributed by atoms with van der Waals surface area (Å²) < 4.78 is 0. The molecule has 74 valence electrons. The van der Waals surface area contributed by atoms with E-state index in [9.17, 15) is 0 Å². The summed E-state index contributed by atoms with van der Waals surface area (Å²) in [5.74, 6) is 2.12. The lowest BCUT2D eigenvalue weighted by molar-refractivity contribution is 0.422. The van der Waals surface area contributed by atoms with E-state index in [-0.39, 0.29) is 0 Å². The summed E-state index contributed by atoms with van der Waals surface area (Å²) in [6, 6.07) is 0. The van der Waals surface area contributed by atoms with E-state index >= 15 is 0 Å². The van der Waals surface area contributed by atoms with E-state index in [1.54, 1.807) is 0 Å². The van der Waals surface area contributed by atoms with Crippen LogP contribution in [0.5, 0.6) is 0 Å². The van der Waals surface area contributed by atoms with Crippen LogP contribution >= 0.6 is 0 Å². The fourth-order valence-corrected chi connectivity index (χ4v) is 2.90. The second-order valence-electron chi connectivity index (χ2n) is 4.89. The van der Waals surface area contributed by atoms with Gasteiger partial charge in [-0.1, -0.05) is 50.7 Å². The Morgan fingerprint density at radius 3 is 2.15 bits per heavy atom. The summed E-state index contributed by atoms with van der Waals surface area (Å²) in [6.07, 6.45) is 18.0. The molecule has 1 fully saturated rings.